The molecule has 1 aromatic carbocycles. The highest BCUT2D eigenvalue weighted by Crippen LogP contribution is 2.20. The van der Waals surface area contributed by atoms with Crippen LogP contribution in [0.3, 0.4) is 0 Å². The molecule has 4 heteroatoms. The first-order valence-corrected chi connectivity index (χ1v) is 6.75. The number of rotatable bonds is 5. The first-order valence-electron chi connectivity index (χ1n) is 6.75. The molecule has 2 rings (SSSR count). The maximum atomic E-state index is 10.9. The third-order valence-electron chi connectivity index (χ3n) is 3.88. The Kier molecular flexibility index (Phi) is 4.56. The van der Waals surface area contributed by atoms with Gasteiger partial charge in [-0.15, -0.1) is 0 Å². The molecule has 2 N–H and O–H groups in total. The van der Waals surface area contributed by atoms with E-state index in [2.05, 4.69) is 4.90 Å². The normalized spacial score (nSPS) is 21.5. The van der Waals surface area contributed by atoms with Crippen LogP contribution in [0.5, 0.6) is 0 Å². The van der Waals surface area contributed by atoms with Crippen molar-refractivity contribution >= 4 is 5.97 Å². The van der Waals surface area contributed by atoms with Gasteiger partial charge < -0.3 is 10.2 Å². The van der Waals surface area contributed by atoms with E-state index in [0.29, 0.717) is 5.92 Å². The summed E-state index contributed by atoms with van der Waals surface area (Å²) < 4.78 is 0. The van der Waals surface area contributed by atoms with Gasteiger partial charge in [0.05, 0.1) is 5.92 Å². The highest BCUT2D eigenvalue weighted by atomic mass is 16.4. The van der Waals surface area contributed by atoms with Gasteiger partial charge in [0.2, 0.25) is 0 Å². The van der Waals surface area contributed by atoms with Gasteiger partial charge in [0, 0.05) is 19.7 Å². The van der Waals surface area contributed by atoms with E-state index >= 15 is 0 Å². The monoisotopic (exact) mass is 263 g/mol. The summed E-state index contributed by atoms with van der Waals surface area (Å²) in [6, 6.07) is 7.80. The van der Waals surface area contributed by atoms with Crippen LogP contribution < -0.4 is 0 Å². The van der Waals surface area contributed by atoms with Crippen LogP contribution in [0.4, 0.5) is 0 Å². The van der Waals surface area contributed by atoms with Crippen LogP contribution in [0.2, 0.25) is 0 Å². The number of carboxylic acids is 1. The minimum Gasteiger partial charge on any atom is -0.481 e. The Morgan fingerprint density at radius 3 is 2.63 bits per heavy atom. The molecule has 19 heavy (non-hydrogen) atoms. The minimum atomic E-state index is -0.793. The van der Waals surface area contributed by atoms with Crippen LogP contribution in [-0.2, 0) is 11.3 Å². The van der Waals surface area contributed by atoms with E-state index in [9.17, 15) is 4.79 Å². The van der Waals surface area contributed by atoms with E-state index in [0.717, 1.165) is 31.6 Å². The van der Waals surface area contributed by atoms with E-state index < -0.39 is 11.9 Å². The molecule has 0 aromatic heterocycles. The van der Waals surface area contributed by atoms with Gasteiger partial charge in [0.25, 0.3) is 0 Å². The Bertz CT molecular complexity index is 430. The molecule has 0 amide bonds. The predicted molar refractivity (Wildman–Crippen MR) is 73.0 cm³/mol. The largest absolute Gasteiger partial charge is 0.481 e. The summed E-state index contributed by atoms with van der Waals surface area (Å²) in [5.41, 5.74) is 2.03. The molecule has 0 saturated carbocycles. The second kappa shape index (κ2) is 6.17. The van der Waals surface area contributed by atoms with Crippen molar-refractivity contribution in [3.05, 3.63) is 35.4 Å². The van der Waals surface area contributed by atoms with Gasteiger partial charge in [-0.2, -0.15) is 0 Å². The van der Waals surface area contributed by atoms with Crippen LogP contribution in [0.1, 0.15) is 30.4 Å². The first-order chi connectivity index (χ1) is 9.10. The summed E-state index contributed by atoms with van der Waals surface area (Å²) in [5.74, 6) is -0.844. The number of aliphatic hydroxyl groups excluding tert-OH is 1. The summed E-state index contributed by atoms with van der Waals surface area (Å²) in [5, 5.41) is 18.1. The molecule has 4 nitrogen and oxygen atoms in total. The molecule has 2 unspecified atom stereocenters. The minimum absolute atomic E-state index is 0.269. The average molecular weight is 263 g/mol. The highest BCUT2D eigenvalue weighted by molar-refractivity contribution is 5.75. The number of aliphatic carboxylic acids is 1. The number of carboxylic acid groups (broad SMARTS) is 1. The number of likely N-dealkylation sites (tertiary alicyclic amines) is 1. The molecule has 1 heterocycles. The molecule has 1 fully saturated rings. The predicted octanol–water partition coefficient (Wildman–Crippen LogP) is 1.69. The quantitative estimate of drug-likeness (QED) is 0.848. The number of hydrogen-bond acceptors (Lipinski definition) is 3. The van der Waals surface area contributed by atoms with Crippen molar-refractivity contribution in [1.29, 1.82) is 0 Å². The summed E-state index contributed by atoms with van der Waals surface area (Å²) in [7, 11) is 0. The van der Waals surface area contributed by atoms with Crippen molar-refractivity contribution in [3.8, 4) is 0 Å². The fourth-order valence-electron chi connectivity index (χ4n) is 2.52. The van der Waals surface area contributed by atoms with Crippen molar-refractivity contribution in [2.75, 3.05) is 19.7 Å². The van der Waals surface area contributed by atoms with Gasteiger partial charge in [-0.3, -0.25) is 9.69 Å². The number of hydrogen-bond donors (Lipinski definition) is 2. The van der Waals surface area contributed by atoms with E-state index in [1.807, 2.05) is 24.3 Å². The van der Waals surface area contributed by atoms with Gasteiger partial charge in [-0.25, -0.2) is 0 Å². The molecule has 0 spiro atoms. The molecule has 0 aliphatic carbocycles. The van der Waals surface area contributed by atoms with E-state index in [1.54, 1.807) is 6.92 Å². The van der Waals surface area contributed by atoms with E-state index in [1.165, 1.54) is 5.56 Å². The summed E-state index contributed by atoms with van der Waals surface area (Å²) in [6.45, 7) is 4.82. The third-order valence-corrected chi connectivity index (χ3v) is 3.88. The number of nitrogens with zero attached hydrogens (tertiary/aromatic N) is 1. The second-order valence-electron chi connectivity index (χ2n) is 5.37. The standard InChI is InChI=1S/C15H21NO3/c1-11(15(18)19)14-4-2-12(3-5-14)8-16-7-6-13(9-16)10-17/h2-5,11,13,17H,6-10H2,1H3,(H,18,19). The highest BCUT2D eigenvalue weighted by Gasteiger charge is 2.21. The van der Waals surface area contributed by atoms with Gasteiger partial charge >= 0.3 is 5.97 Å². The molecule has 104 valence electrons. The molecule has 0 radical (unpaired) electrons. The van der Waals surface area contributed by atoms with Gasteiger partial charge in [-0.1, -0.05) is 24.3 Å². The maximum absolute atomic E-state index is 10.9. The molecular weight excluding hydrogens is 242 g/mol. The lowest BCUT2D eigenvalue weighted by Crippen LogP contribution is -2.21. The zero-order valence-electron chi connectivity index (χ0n) is 11.2. The molecule has 1 saturated heterocycles. The maximum Gasteiger partial charge on any atom is 0.310 e. The number of aliphatic hydroxyl groups is 1. The molecule has 1 aliphatic heterocycles. The van der Waals surface area contributed by atoms with Gasteiger partial charge in [-0.05, 0) is 36.9 Å². The molecule has 1 aliphatic rings. The van der Waals surface area contributed by atoms with Gasteiger partial charge in [0.15, 0.2) is 0 Å². The fraction of sp³-hybridized carbons (Fsp3) is 0.533. The third kappa shape index (κ3) is 3.55. The molecule has 1 aromatic rings. The van der Waals surface area contributed by atoms with Crippen LogP contribution in [0, 0.1) is 5.92 Å². The topological polar surface area (TPSA) is 60.8 Å². The fourth-order valence-corrected chi connectivity index (χ4v) is 2.52. The van der Waals surface area contributed by atoms with Crippen molar-refractivity contribution < 1.29 is 15.0 Å². The average Bonchev–Trinajstić information content (AvgIpc) is 2.86. The summed E-state index contributed by atoms with van der Waals surface area (Å²) >= 11 is 0. The number of benzene rings is 1. The zero-order chi connectivity index (χ0) is 13.8. The van der Waals surface area contributed by atoms with Crippen LogP contribution >= 0.6 is 0 Å². The first kappa shape index (κ1) is 14.0. The van der Waals surface area contributed by atoms with Crippen LogP contribution in [-0.4, -0.2) is 40.8 Å². The van der Waals surface area contributed by atoms with Crippen LogP contribution in [0.15, 0.2) is 24.3 Å². The lowest BCUT2D eigenvalue weighted by atomic mass is 10.00. The lowest BCUT2D eigenvalue weighted by molar-refractivity contribution is -0.138. The zero-order valence-corrected chi connectivity index (χ0v) is 11.2. The van der Waals surface area contributed by atoms with Crippen molar-refractivity contribution in [2.45, 2.75) is 25.8 Å². The molecule has 0 bridgehead atoms. The van der Waals surface area contributed by atoms with Crippen molar-refractivity contribution in [1.82, 2.24) is 4.90 Å². The summed E-state index contributed by atoms with van der Waals surface area (Å²) in [6.07, 6.45) is 1.06. The van der Waals surface area contributed by atoms with E-state index in [-0.39, 0.29) is 6.61 Å². The Labute approximate surface area is 113 Å². The van der Waals surface area contributed by atoms with Gasteiger partial charge in [0.1, 0.15) is 0 Å². The molecule has 2 atom stereocenters. The Morgan fingerprint density at radius 1 is 1.42 bits per heavy atom. The van der Waals surface area contributed by atoms with Crippen LogP contribution in [0.25, 0.3) is 0 Å². The Balaban J connectivity index is 1.94. The molecular formula is C15H21NO3. The van der Waals surface area contributed by atoms with Crippen molar-refractivity contribution in [2.24, 2.45) is 5.92 Å². The SMILES string of the molecule is CC(C(=O)O)c1ccc(CN2CCC(CO)C2)cc1. The lowest BCUT2D eigenvalue weighted by Gasteiger charge is -2.16. The summed E-state index contributed by atoms with van der Waals surface area (Å²) in [4.78, 5) is 13.2. The smallest absolute Gasteiger partial charge is 0.310 e. The number of carbonyl (C=O) groups is 1. The Morgan fingerprint density at radius 2 is 2.11 bits per heavy atom. The second-order valence-corrected chi connectivity index (χ2v) is 5.37. The van der Waals surface area contributed by atoms with Crippen molar-refractivity contribution in [3.63, 3.8) is 0 Å². The Hall–Kier alpha value is -1.39. The van der Waals surface area contributed by atoms with E-state index in [4.69, 9.17) is 10.2 Å².